The summed E-state index contributed by atoms with van der Waals surface area (Å²) in [7, 11) is 0. The number of carbonyl (C=O) groups excluding carboxylic acids is 2. The molecule has 1 aromatic carbocycles. The predicted molar refractivity (Wildman–Crippen MR) is 86.6 cm³/mol. The molecule has 2 N–H and O–H groups in total. The number of hydrogen-bond acceptors (Lipinski definition) is 4. The standard InChI is InChI=1S/C16H16N2O3S/c1-16(2)9-21-12-8-10(5-6-11(12)18-15(16)20)17-14(19)13-4-3-7-22-13/h3-8H,9H2,1-2H3,(H,17,19)(H,18,20). The summed E-state index contributed by atoms with van der Waals surface area (Å²) in [5, 5.41) is 7.53. The second-order valence-corrected chi connectivity index (χ2v) is 6.72. The highest BCUT2D eigenvalue weighted by molar-refractivity contribution is 7.12. The fraction of sp³-hybridized carbons (Fsp3) is 0.250. The molecule has 22 heavy (non-hydrogen) atoms. The van der Waals surface area contributed by atoms with Crippen molar-refractivity contribution in [2.45, 2.75) is 13.8 Å². The van der Waals surface area contributed by atoms with Gasteiger partial charge in [0.05, 0.1) is 16.0 Å². The Kier molecular flexibility index (Phi) is 3.62. The second kappa shape index (κ2) is 5.46. The van der Waals surface area contributed by atoms with E-state index in [1.807, 2.05) is 25.3 Å². The van der Waals surface area contributed by atoms with Gasteiger partial charge in [0.15, 0.2) is 0 Å². The van der Waals surface area contributed by atoms with Gasteiger partial charge in [-0.3, -0.25) is 9.59 Å². The maximum absolute atomic E-state index is 12.1. The Morgan fingerprint density at radius 1 is 1.36 bits per heavy atom. The van der Waals surface area contributed by atoms with Gasteiger partial charge in [0.2, 0.25) is 5.91 Å². The molecule has 0 atom stereocenters. The smallest absolute Gasteiger partial charge is 0.265 e. The van der Waals surface area contributed by atoms with Crippen LogP contribution in [-0.2, 0) is 4.79 Å². The molecular weight excluding hydrogens is 300 g/mol. The molecule has 0 unspecified atom stereocenters. The molecule has 5 nitrogen and oxygen atoms in total. The summed E-state index contributed by atoms with van der Waals surface area (Å²) in [5.41, 5.74) is 0.648. The van der Waals surface area contributed by atoms with E-state index < -0.39 is 5.41 Å². The zero-order chi connectivity index (χ0) is 15.7. The number of thiophene rings is 1. The number of amides is 2. The van der Waals surface area contributed by atoms with Gasteiger partial charge in [0.25, 0.3) is 5.91 Å². The van der Waals surface area contributed by atoms with Crippen LogP contribution < -0.4 is 15.4 Å². The number of fused-ring (bicyclic) bond motifs is 1. The molecule has 0 saturated heterocycles. The summed E-state index contributed by atoms with van der Waals surface area (Å²) >= 11 is 1.38. The number of rotatable bonds is 2. The van der Waals surface area contributed by atoms with Gasteiger partial charge in [-0.2, -0.15) is 0 Å². The number of anilines is 2. The molecule has 0 saturated carbocycles. The van der Waals surface area contributed by atoms with E-state index in [0.29, 0.717) is 22.0 Å². The lowest BCUT2D eigenvalue weighted by Gasteiger charge is -2.18. The maximum atomic E-state index is 12.1. The zero-order valence-electron chi connectivity index (χ0n) is 12.3. The third kappa shape index (κ3) is 2.82. The average molecular weight is 316 g/mol. The highest BCUT2D eigenvalue weighted by Gasteiger charge is 2.32. The van der Waals surface area contributed by atoms with E-state index in [4.69, 9.17) is 4.74 Å². The van der Waals surface area contributed by atoms with Crippen LogP contribution >= 0.6 is 11.3 Å². The summed E-state index contributed by atoms with van der Waals surface area (Å²) in [6.45, 7) is 3.94. The van der Waals surface area contributed by atoms with E-state index in [-0.39, 0.29) is 18.4 Å². The van der Waals surface area contributed by atoms with Gasteiger partial charge in [-0.1, -0.05) is 6.07 Å². The fourth-order valence-electron chi connectivity index (χ4n) is 2.04. The molecule has 0 spiro atoms. The largest absolute Gasteiger partial charge is 0.490 e. The van der Waals surface area contributed by atoms with E-state index in [0.717, 1.165) is 0 Å². The minimum atomic E-state index is -0.598. The van der Waals surface area contributed by atoms with Crippen molar-refractivity contribution in [1.29, 1.82) is 0 Å². The first-order valence-corrected chi connectivity index (χ1v) is 7.77. The van der Waals surface area contributed by atoms with Crippen molar-refractivity contribution >= 4 is 34.5 Å². The van der Waals surface area contributed by atoms with Gasteiger partial charge in [-0.05, 0) is 37.4 Å². The van der Waals surface area contributed by atoms with Gasteiger partial charge >= 0.3 is 0 Å². The Morgan fingerprint density at radius 2 is 2.18 bits per heavy atom. The number of nitrogens with one attached hydrogen (secondary N) is 2. The summed E-state index contributed by atoms with van der Waals surface area (Å²) in [6.07, 6.45) is 0. The van der Waals surface area contributed by atoms with Crippen LogP contribution in [0.4, 0.5) is 11.4 Å². The Hall–Kier alpha value is -2.34. The molecule has 2 aromatic rings. The lowest BCUT2D eigenvalue weighted by molar-refractivity contribution is -0.124. The molecule has 0 radical (unpaired) electrons. The third-order valence-corrected chi connectivity index (χ3v) is 4.30. The molecule has 2 amide bonds. The van der Waals surface area contributed by atoms with E-state index in [9.17, 15) is 9.59 Å². The van der Waals surface area contributed by atoms with Crippen molar-refractivity contribution in [3.05, 3.63) is 40.6 Å². The molecule has 1 aliphatic heterocycles. The minimum Gasteiger partial charge on any atom is -0.490 e. The molecule has 0 aliphatic carbocycles. The van der Waals surface area contributed by atoms with Crippen molar-refractivity contribution in [2.75, 3.05) is 17.2 Å². The highest BCUT2D eigenvalue weighted by atomic mass is 32.1. The van der Waals surface area contributed by atoms with Crippen molar-refractivity contribution < 1.29 is 14.3 Å². The summed E-state index contributed by atoms with van der Waals surface area (Å²) < 4.78 is 5.72. The van der Waals surface area contributed by atoms with Crippen LogP contribution in [-0.4, -0.2) is 18.4 Å². The summed E-state index contributed by atoms with van der Waals surface area (Å²) in [4.78, 5) is 24.8. The van der Waals surface area contributed by atoms with Crippen LogP contribution in [0.5, 0.6) is 5.75 Å². The van der Waals surface area contributed by atoms with Gasteiger partial charge in [0, 0.05) is 11.8 Å². The van der Waals surface area contributed by atoms with Crippen LogP contribution in [0.25, 0.3) is 0 Å². The van der Waals surface area contributed by atoms with Crippen LogP contribution in [0.3, 0.4) is 0 Å². The Bertz CT molecular complexity index is 723. The number of carbonyl (C=O) groups is 2. The molecule has 1 aromatic heterocycles. The topological polar surface area (TPSA) is 67.4 Å². The SMILES string of the molecule is CC1(C)COc2cc(NC(=O)c3cccs3)ccc2NC1=O. The van der Waals surface area contributed by atoms with Gasteiger partial charge in [-0.15, -0.1) is 11.3 Å². The van der Waals surface area contributed by atoms with Crippen LogP contribution in [0.2, 0.25) is 0 Å². The average Bonchev–Trinajstić information content (AvgIpc) is 2.98. The first-order chi connectivity index (χ1) is 10.5. The molecule has 1 aliphatic rings. The molecule has 0 bridgehead atoms. The number of hydrogen-bond donors (Lipinski definition) is 2. The van der Waals surface area contributed by atoms with Crippen LogP contribution in [0, 0.1) is 5.41 Å². The normalized spacial score (nSPS) is 16.0. The molecule has 2 heterocycles. The number of ether oxygens (including phenoxy) is 1. The van der Waals surface area contributed by atoms with E-state index in [1.165, 1.54) is 11.3 Å². The first-order valence-electron chi connectivity index (χ1n) is 6.89. The predicted octanol–water partition coefficient (Wildman–Crippen LogP) is 3.36. The molecule has 114 valence electrons. The van der Waals surface area contributed by atoms with E-state index >= 15 is 0 Å². The Balaban J connectivity index is 1.82. The summed E-state index contributed by atoms with van der Waals surface area (Å²) in [6, 6.07) is 8.80. The third-order valence-electron chi connectivity index (χ3n) is 3.44. The van der Waals surface area contributed by atoms with Gasteiger partial charge < -0.3 is 15.4 Å². The summed E-state index contributed by atoms with van der Waals surface area (Å²) in [5.74, 6) is 0.317. The zero-order valence-corrected chi connectivity index (χ0v) is 13.1. The van der Waals surface area contributed by atoms with Crippen molar-refractivity contribution in [3.8, 4) is 5.75 Å². The van der Waals surface area contributed by atoms with Gasteiger partial charge in [-0.25, -0.2) is 0 Å². The lowest BCUT2D eigenvalue weighted by Crippen LogP contribution is -2.33. The monoisotopic (exact) mass is 316 g/mol. The van der Waals surface area contributed by atoms with Gasteiger partial charge in [0.1, 0.15) is 12.4 Å². The van der Waals surface area contributed by atoms with Crippen LogP contribution in [0.1, 0.15) is 23.5 Å². The molecular formula is C16H16N2O3S. The lowest BCUT2D eigenvalue weighted by atomic mass is 9.94. The maximum Gasteiger partial charge on any atom is 0.265 e. The van der Waals surface area contributed by atoms with Crippen molar-refractivity contribution in [3.63, 3.8) is 0 Å². The quantitative estimate of drug-likeness (QED) is 0.893. The second-order valence-electron chi connectivity index (χ2n) is 5.77. The Labute approximate surface area is 132 Å². The van der Waals surface area contributed by atoms with Crippen molar-refractivity contribution in [2.24, 2.45) is 5.41 Å². The molecule has 6 heteroatoms. The van der Waals surface area contributed by atoms with E-state index in [2.05, 4.69) is 10.6 Å². The van der Waals surface area contributed by atoms with Crippen molar-refractivity contribution in [1.82, 2.24) is 0 Å². The van der Waals surface area contributed by atoms with E-state index in [1.54, 1.807) is 24.3 Å². The van der Waals surface area contributed by atoms with Crippen LogP contribution in [0.15, 0.2) is 35.7 Å². The minimum absolute atomic E-state index is 0.0818. The fourth-order valence-corrected chi connectivity index (χ4v) is 2.66. The number of benzene rings is 1. The first kappa shape index (κ1) is 14.6. The Morgan fingerprint density at radius 3 is 2.91 bits per heavy atom. The molecule has 3 rings (SSSR count). The highest BCUT2D eigenvalue weighted by Crippen LogP contribution is 2.34. The molecule has 0 fully saturated rings.